The van der Waals surface area contributed by atoms with Crippen molar-refractivity contribution in [3.8, 4) is 0 Å². The summed E-state index contributed by atoms with van der Waals surface area (Å²) in [4.78, 5) is 21.1. The maximum Gasteiger partial charge on any atom is 0.227 e. The molecule has 4 rings (SSSR count). The first-order valence-electron chi connectivity index (χ1n) is 9.53. The number of para-hydroxylation sites is 1. The molecule has 2 aromatic rings. The molecule has 0 aliphatic carbocycles. The summed E-state index contributed by atoms with van der Waals surface area (Å²) in [5, 5.41) is 1.16. The molecule has 1 atom stereocenters. The van der Waals surface area contributed by atoms with Crippen molar-refractivity contribution < 1.29 is 9.53 Å². The minimum Gasteiger partial charge on any atom is -0.379 e. The molecule has 6 heteroatoms. The van der Waals surface area contributed by atoms with E-state index in [-0.39, 0.29) is 5.91 Å². The Kier molecular flexibility index (Phi) is 5.82. The average Bonchev–Trinajstić information content (AvgIpc) is 2.92. The van der Waals surface area contributed by atoms with Gasteiger partial charge in [0.25, 0.3) is 0 Å². The van der Waals surface area contributed by atoms with Crippen molar-refractivity contribution in [3.05, 3.63) is 36.0 Å². The van der Waals surface area contributed by atoms with Crippen LogP contribution in [-0.2, 0) is 16.0 Å². The van der Waals surface area contributed by atoms with Crippen LogP contribution in [0.2, 0.25) is 0 Å². The minimum absolute atomic E-state index is 0.260. The highest BCUT2D eigenvalue weighted by Gasteiger charge is 2.28. The van der Waals surface area contributed by atoms with Crippen LogP contribution in [0, 0.1) is 0 Å². The molecule has 26 heavy (non-hydrogen) atoms. The fourth-order valence-electron chi connectivity index (χ4n) is 3.93. The summed E-state index contributed by atoms with van der Waals surface area (Å²) >= 11 is 1.99. The number of nitrogens with zero attached hydrogens (tertiary/aromatic N) is 2. The molecule has 2 saturated heterocycles. The van der Waals surface area contributed by atoms with Crippen LogP contribution in [0.5, 0.6) is 0 Å². The predicted molar refractivity (Wildman–Crippen MR) is 107 cm³/mol. The maximum atomic E-state index is 13.2. The first-order chi connectivity index (χ1) is 12.8. The van der Waals surface area contributed by atoms with Gasteiger partial charge in [-0.3, -0.25) is 9.69 Å². The molecule has 5 nitrogen and oxygen atoms in total. The number of H-pyrrole nitrogens is 1. The molecule has 2 aliphatic rings. The number of morpholine rings is 1. The Morgan fingerprint density at radius 3 is 2.96 bits per heavy atom. The third-order valence-corrected chi connectivity index (χ3v) is 6.55. The number of hydrogen-bond acceptors (Lipinski definition) is 4. The molecular formula is C20H27N3O2S. The molecular weight excluding hydrogens is 346 g/mol. The van der Waals surface area contributed by atoms with Gasteiger partial charge in [-0.2, -0.15) is 11.8 Å². The average molecular weight is 374 g/mol. The number of benzene rings is 1. The number of carbonyl (C=O) groups is 1. The molecule has 2 fully saturated rings. The van der Waals surface area contributed by atoms with E-state index in [0.29, 0.717) is 12.5 Å². The fraction of sp³-hybridized carbons (Fsp3) is 0.550. The zero-order valence-electron chi connectivity index (χ0n) is 15.2. The number of nitrogens with one attached hydrogen (secondary N) is 1. The summed E-state index contributed by atoms with van der Waals surface area (Å²) in [5.41, 5.74) is 2.21. The summed E-state index contributed by atoms with van der Waals surface area (Å²) in [6.45, 7) is 5.42. The quantitative estimate of drug-likeness (QED) is 0.894. The molecule has 0 saturated carbocycles. The normalized spacial score (nSPS) is 22.5. The second-order valence-electron chi connectivity index (χ2n) is 7.12. The monoisotopic (exact) mass is 373 g/mol. The van der Waals surface area contributed by atoms with Crippen LogP contribution in [0.25, 0.3) is 10.9 Å². The summed E-state index contributed by atoms with van der Waals surface area (Å²) in [7, 11) is 0. The smallest absolute Gasteiger partial charge is 0.227 e. The van der Waals surface area contributed by atoms with E-state index in [1.165, 1.54) is 0 Å². The van der Waals surface area contributed by atoms with E-state index in [0.717, 1.165) is 73.8 Å². The lowest BCUT2D eigenvalue weighted by molar-refractivity contribution is -0.132. The van der Waals surface area contributed by atoms with E-state index in [4.69, 9.17) is 4.74 Å². The maximum absolute atomic E-state index is 13.2. The number of thioether (sulfide) groups is 1. The molecule has 2 aliphatic heterocycles. The van der Waals surface area contributed by atoms with Gasteiger partial charge in [-0.1, -0.05) is 18.2 Å². The molecule has 1 amide bonds. The van der Waals surface area contributed by atoms with Crippen molar-refractivity contribution in [3.63, 3.8) is 0 Å². The van der Waals surface area contributed by atoms with Crippen molar-refractivity contribution >= 4 is 28.6 Å². The Morgan fingerprint density at radius 1 is 1.23 bits per heavy atom. The number of amides is 1. The van der Waals surface area contributed by atoms with Crippen molar-refractivity contribution in [2.45, 2.75) is 18.9 Å². The van der Waals surface area contributed by atoms with Crippen LogP contribution in [0.4, 0.5) is 0 Å². The van der Waals surface area contributed by atoms with Gasteiger partial charge in [0.2, 0.25) is 5.91 Å². The van der Waals surface area contributed by atoms with Crippen molar-refractivity contribution in [2.75, 3.05) is 50.9 Å². The van der Waals surface area contributed by atoms with E-state index in [2.05, 4.69) is 26.9 Å². The zero-order chi connectivity index (χ0) is 17.8. The Hall–Kier alpha value is -1.50. The van der Waals surface area contributed by atoms with E-state index in [9.17, 15) is 4.79 Å². The Labute approximate surface area is 159 Å². The molecule has 0 spiro atoms. The molecule has 1 aromatic heterocycles. The van der Waals surface area contributed by atoms with E-state index < -0.39 is 0 Å². The Bertz CT molecular complexity index is 741. The second-order valence-corrected chi connectivity index (χ2v) is 8.27. The summed E-state index contributed by atoms with van der Waals surface area (Å²) in [5.74, 6) is 2.45. The number of rotatable bonds is 4. The number of carbonyl (C=O) groups excluding carboxylic acids is 1. The van der Waals surface area contributed by atoms with Crippen LogP contribution in [0.15, 0.2) is 30.5 Å². The highest BCUT2D eigenvalue weighted by molar-refractivity contribution is 7.99. The van der Waals surface area contributed by atoms with Gasteiger partial charge in [0.15, 0.2) is 0 Å². The molecule has 1 aromatic carbocycles. The van der Waals surface area contributed by atoms with Crippen LogP contribution >= 0.6 is 11.8 Å². The summed E-state index contributed by atoms with van der Waals surface area (Å²) in [6, 6.07) is 8.52. The fourth-order valence-corrected chi connectivity index (χ4v) is 4.99. The van der Waals surface area contributed by atoms with Gasteiger partial charge in [-0.25, -0.2) is 0 Å². The van der Waals surface area contributed by atoms with Crippen LogP contribution in [-0.4, -0.2) is 77.6 Å². The van der Waals surface area contributed by atoms with E-state index >= 15 is 0 Å². The lowest BCUT2D eigenvalue weighted by Crippen LogP contribution is -2.50. The van der Waals surface area contributed by atoms with Gasteiger partial charge in [0.1, 0.15) is 0 Å². The Balaban J connectivity index is 1.47. The van der Waals surface area contributed by atoms with Crippen LogP contribution in [0.1, 0.15) is 12.0 Å². The molecule has 1 unspecified atom stereocenters. The highest BCUT2D eigenvalue weighted by Crippen LogP contribution is 2.22. The molecule has 0 bridgehead atoms. The van der Waals surface area contributed by atoms with Gasteiger partial charge < -0.3 is 14.6 Å². The van der Waals surface area contributed by atoms with Gasteiger partial charge in [0.05, 0.1) is 25.7 Å². The minimum atomic E-state index is 0.260. The van der Waals surface area contributed by atoms with Crippen LogP contribution < -0.4 is 0 Å². The first kappa shape index (κ1) is 17.9. The topological polar surface area (TPSA) is 48.6 Å². The third-order valence-electron chi connectivity index (χ3n) is 5.35. The number of hydrogen-bond donors (Lipinski definition) is 1. The standard InChI is InChI=1S/C20H27N3O2S/c24-20(12-16-13-21-19-5-2-1-4-18(16)19)23-6-3-11-26-15-17(23)14-22-7-9-25-10-8-22/h1-2,4-5,13,17,21H,3,6-12,14-15H2. The highest BCUT2D eigenvalue weighted by atomic mass is 32.2. The van der Waals surface area contributed by atoms with E-state index in [1.54, 1.807) is 0 Å². The predicted octanol–water partition coefficient (Wildman–Crippen LogP) is 2.38. The SMILES string of the molecule is O=C(Cc1c[nH]c2ccccc12)N1CCCSCC1CN1CCOCC1. The molecule has 140 valence electrons. The largest absolute Gasteiger partial charge is 0.379 e. The van der Waals surface area contributed by atoms with Gasteiger partial charge in [-0.15, -0.1) is 0 Å². The summed E-state index contributed by atoms with van der Waals surface area (Å²) < 4.78 is 5.47. The molecule has 0 radical (unpaired) electrons. The van der Waals surface area contributed by atoms with E-state index in [1.807, 2.05) is 30.1 Å². The van der Waals surface area contributed by atoms with Gasteiger partial charge in [0, 0.05) is 49.0 Å². The van der Waals surface area contributed by atoms with Crippen molar-refractivity contribution in [1.29, 1.82) is 0 Å². The Morgan fingerprint density at radius 2 is 2.08 bits per heavy atom. The lowest BCUT2D eigenvalue weighted by atomic mass is 10.1. The first-order valence-corrected chi connectivity index (χ1v) is 10.7. The number of fused-ring (bicyclic) bond motifs is 1. The molecule has 1 N–H and O–H groups in total. The molecule has 3 heterocycles. The third kappa shape index (κ3) is 4.08. The zero-order valence-corrected chi connectivity index (χ0v) is 16.0. The van der Waals surface area contributed by atoms with Crippen molar-refractivity contribution in [1.82, 2.24) is 14.8 Å². The van der Waals surface area contributed by atoms with Gasteiger partial charge >= 0.3 is 0 Å². The van der Waals surface area contributed by atoms with Gasteiger partial charge in [-0.05, 0) is 23.8 Å². The lowest BCUT2D eigenvalue weighted by Gasteiger charge is -2.35. The van der Waals surface area contributed by atoms with Crippen LogP contribution in [0.3, 0.4) is 0 Å². The summed E-state index contributed by atoms with van der Waals surface area (Å²) in [6.07, 6.45) is 3.56. The second kappa shape index (κ2) is 8.46. The number of aromatic amines is 1. The van der Waals surface area contributed by atoms with Crippen molar-refractivity contribution in [2.24, 2.45) is 0 Å². The number of aromatic nitrogens is 1. The number of ether oxygens (including phenoxy) is 1.